The van der Waals surface area contributed by atoms with Crippen molar-refractivity contribution in [1.82, 2.24) is 5.32 Å². The topological polar surface area (TPSA) is 64.6 Å². The maximum Gasteiger partial charge on any atom is 0.305 e. The lowest BCUT2D eigenvalue weighted by molar-refractivity contribution is -0.151. The Morgan fingerprint density at radius 3 is 2.64 bits per heavy atom. The first-order chi connectivity index (χ1) is 18.5. The molecule has 0 aromatic carbocycles. The molecule has 218 valence electrons. The van der Waals surface area contributed by atoms with Gasteiger partial charge in [0.1, 0.15) is 11.7 Å². The Kier molecular flexibility index (Phi) is 7.78. The predicted octanol–water partition coefficient (Wildman–Crippen LogP) is 7.50. The van der Waals surface area contributed by atoms with Crippen LogP contribution < -0.4 is 5.32 Å². The second-order valence-electron chi connectivity index (χ2n) is 14.4. The van der Waals surface area contributed by atoms with Crippen molar-refractivity contribution in [3.63, 3.8) is 0 Å². The van der Waals surface area contributed by atoms with E-state index in [1.54, 1.807) is 12.5 Å². The number of allylic oxidation sites excluding steroid dienone is 2. The molecule has 1 heterocycles. The molecule has 0 saturated heterocycles. The van der Waals surface area contributed by atoms with Crippen LogP contribution >= 0.6 is 0 Å². The maximum atomic E-state index is 12.0. The molecule has 1 aliphatic heterocycles. The van der Waals surface area contributed by atoms with Crippen LogP contribution in [0.4, 0.5) is 0 Å². The number of carbonyl (C=O) groups excluding carboxylic acids is 2. The van der Waals surface area contributed by atoms with Crippen molar-refractivity contribution < 1.29 is 19.1 Å². The normalized spacial score (nSPS) is 41.4. The lowest BCUT2D eigenvalue weighted by atomic mass is 9.47. The molecule has 0 bridgehead atoms. The zero-order valence-corrected chi connectivity index (χ0v) is 25.7. The van der Waals surface area contributed by atoms with Crippen LogP contribution in [0.5, 0.6) is 0 Å². The van der Waals surface area contributed by atoms with Crippen LogP contribution in [0.1, 0.15) is 119 Å². The van der Waals surface area contributed by atoms with Crippen LogP contribution in [0, 0.1) is 40.4 Å². The number of carbonyl (C=O) groups is 2. The van der Waals surface area contributed by atoms with E-state index in [1.165, 1.54) is 37.0 Å². The number of hydrogen-bond donors (Lipinski definition) is 1. The fraction of sp³-hybridized carbons (Fsp3) is 0.824. The largest absolute Gasteiger partial charge is 0.491 e. The Morgan fingerprint density at radius 1 is 1.18 bits per heavy atom. The number of fused-ring (bicyclic) bond motifs is 7. The average Bonchev–Trinajstić information content (AvgIpc) is 3.34. The summed E-state index contributed by atoms with van der Waals surface area (Å²) in [6, 6.07) is 0. The van der Waals surface area contributed by atoms with Gasteiger partial charge in [-0.25, -0.2) is 0 Å². The number of esters is 1. The minimum absolute atomic E-state index is 0.0501. The molecule has 5 aliphatic rings. The minimum atomic E-state index is -0.0568. The predicted molar refractivity (Wildman–Crippen MR) is 155 cm³/mol. The van der Waals surface area contributed by atoms with Gasteiger partial charge in [0.25, 0.3) is 0 Å². The van der Waals surface area contributed by atoms with Crippen molar-refractivity contribution in [2.24, 2.45) is 40.4 Å². The van der Waals surface area contributed by atoms with E-state index >= 15 is 0 Å². The van der Waals surface area contributed by atoms with Gasteiger partial charge in [-0.05, 0) is 98.4 Å². The summed E-state index contributed by atoms with van der Waals surface area (Å²) >= 11 is 0. The molecule has 3 fully saturated rings. The van der Waals surface area contributed by atoms with E-state index < -0.39 is 0 Å². The molecule has 39 heavy (non-hydrogen) atoms. The second-order valence-corrected chi connectivity index (χ2v) is 14.4. The van der Waals surface area contributed by atoms with Crippen LogP contribution in [0.25, 0.3) is 0 Å². The molecule has 4 aliphatic carbocycles. The SMILES string of the molecule is CCC(=O)O[C@H]1CC[C@@]2(C)C(=CC[C@H]3[C@@H]4C[C@@]5(CC)OC(CC[C@@H](C)CNC(C)=O)=C(C)[C@@H]5[C@@]4(C)CC[C@@H]32)C1. The molecule has 0 spiro atoms. The quantitative estimate of drug-likeness (QED) is 0.256. The first-order valence-electron chi connectivity index (χ1n) is 16.0. The van der Waals surface area contributed by atoms with Crippen LogP contribution in [0.15, 0.2) is 23.0 Å². The molecular weight excluding hydrogens is 486 g/mol. The summed E-state index contributed by atoms with van der Waals surface area (Å²) in [4.78, 5) is 23.3. The van der Waals surface area contributed by atoms with Gasteiger partial charge in [0.2, 0.25) is 5.91 Å². The number of hydrogen-bond acceptors (Lipinski definition) is 4. The molecule has 5 heteroatoms. The highest BCUT2D eigenvalue weighted by atomic mass is 16.5. The van der Waals surface area contributed by atoms with Crippen LogP contribution in [0.3, 0.4) is 0 Å². The molecule has 5 rings (SSSR count). The third-order valence-electron chi connectivity index (χ3n) is 12.2. The number of ether oxygens (including phenoxy) is 2. The molecule has 0 radical (unpaired) electrons. The van der Waals surface area contributed by atoms with Crippen molar-refractivity contribution in [2.75, 3.05) is 6.54 Å². The number of amides is 1. The van der Waals surface area contributed by atoms with Gasteiger partial charge < -0.3 is 14.8 Å². The van der Waals surface area contributed by atoms with Gasteiger partial charge in [-0.15, -0.1) is 0 Å². The third-order valence-corrected chi connectivity index (χ3v) is 12.2. The molecule has 3 saturated carbocycles. The molecular formula is C34H53NO4. The molecule has 1 amide bonds. The van der Waals surface area contributed by atoms with E-state index in [1.807, 2.05) is 6.92 Å². The zero-order chi connectivity index (χ0) is 28.2. The Morgan fingerprint density at radius 2 is 1.95 bits per heavy atom. The molecule has 0 unspecified atom stereocenters. The Balaban J connectivity index is 1.34. The van der Waals surface area contributed by atoms with E-state index in [-0.39, 0.29) is 29.0 Å². The maximum absolute atomic E-state index is 12.0. The van der Waals surface area contributed by atoms with Crippen molar-refractivity contribution in [3.8, 4) is 0 Å². The summed E-state index contributed by atoms with van der Waals surface area (Å²) in [5.74, 6) is 4.35. The lowest BCUT2D eigenvalue weighted by Crippen LogP contribution is -2.50. The fourth-order valence-electron chi connectivity index (χ4n) is 10.1. The average molecular weight is 540 g/mol. The fourth-order valence-corrected chi connectivity index (χ4v) is 10.1. The van der Waals surface area contributed by atoms with Gasteiger partial charge in [0.05, 0.1) is 5.76 Å². The van der Waals surface area contributed by atoms with Crippen molar-refractivity contribution in [3.05, 3.63) is 23.0 Å². The van der Waals surface area contributed by atoms with Crippen molar-refractivity contribution in [2.45, 2.75) is 131 Å². The highest BCUT2D eigenvalue weighted by Gasteiger charge is 2.68. The van der Waals surface area contributed by atoms with Gasteiger partial charge in [-0.2, -0.15) is 0 Å². The second kappa shape index (κ2) is 10.6. The molecule has 1 N–H and O–H groups in total. The van der Waals surface area contributed by atoms with Crippen LogP contribution in [0.2, 0.25) is 0 Å². The van der Waals surface area contributed by atoms with Crippen LogP contribution in [-0.2, 0) is 19.1 Å². The summed E-state index contributed by atoms with van der Waals surface area (Å²) < 4.78 is 12.9. The van der Waals surface area contributed by atoms with E-state index in [2.05, 4.69) is 46.0 Å². The number of nitrogens with one attached hydrogen (secondary N) is 1. The van der Waals surface area contributed by atoms with Gasteiger partial charge in [-0.1, -0.05) is 46.3 Å². The van der Waals surface area contributed by atoms with E-state index in [4.69, 9.17) is 9.47 Å². The van der Waals surface area contributed by atoms with E-state index in [9.17, 15) is 9.59 Å². The van der Waals surface area contributed by atoms with Gasteiger partial charge in [0, 0.05) is 38.6 Å². The van der Waals surface area contributed by atoms with Crippen LogP contribution in [-0.4, -0.2) is 30.1 Å². The number of rotatable bonds is 8. The first kappa shape index (κ1) is 28.7. The van der Waals surface area contributed by atoms with E-state index in [0.717, 1.165) is 56.9 Å². The summed E-state index contributed by atoms with van der Waals surface area (Å²) in [6.45, 7) is 16.3. The van der Waals surface area contributed by atoms with E-state index in [0.29, 0.717) is 29.6 Å². The smallest absolute Gasteiger partial charge is 0.305 e. The summed E-state index contributed by atoms with van der Waals surface area (Å²) in [6.07, 6.45) is 14.2. The van der Waals surface area contributed by atoms with Gasteiger partial charge >= 0.3 is 5.97 Å². The summed E-state index contributed by atoms with van der Waals surface area (Å²) in [5.41, 5.74) is 3.57. The zero-order valence-electron chi connectivity index (χ0n) is 25.7. The van der Waals surface area contributed by atoms with Crippen molar-refractivity contribution in [1.29, 1.82) is 0 Å². The summed E-state index contributed by atoms with van der Waals surface area (Å²) in [5, 5.41) is 2.97. The van der Waals surface area contributed by atoms with Gasteiger partial charge in [0.15, 0.2) is 0 Å². The Bertz CT molecular complexity index is 1050. The highest BCUT2D eigenvalue weighted by molar-refractivity contribution is 5.72. The lowest BCUT2D eigenvalue weighted by Gasteiger charge is -2.58. The molecule has 5 nitrogen and oxygen atoms in total. The third kappa shape index (κ3) is 4.78. The summed E-state index contributed by atoms with van der Waals surface area (Å²) in [7, 11) is 0. The first-order valence-corrected chi connectivity index (χ1v) is 16.0. The minimum Gasteiger partial charge on any atom is -0.491 e. The molecule has 0 aromatic heterocycles. The Labute approximate surface area is 236 Å². The molecule has 9 atom stereocenters. The molecule has 0 aromatic rings. The standard InChI is InChI=1S/C34H53NO4/c1-8-30(37)38-25-14-16-32(6)24(18-25)11-12-26-27(32)15-17-33(7)28(26)19-34(9-2)31(33)22(4)29(39-34)13-10-21(3)20-35-23(5)36/h11,21,25-28,31H,8-10,12-20H2,1-7H3,(H,35,36)/t21-,25+,26-,27+,28+,31-,32+,33+,34-/m1/s1. The highest BCUT2D eigenvalue weighted by Crippen LogP contribution is 2.72. The monoisotopic (exact) mass is 539 g/mol. The van der Waals surface area contributed by atoms with Gasteiger partial charge in [-0.3, -0.25) is 9.59 Å². The van der Waals surface area contributed by atoms with Crippen molar-refractivity contribution >= 4 is 11.9 Å². The Hall–Kier alpha value is -1.78.